The molecular formula is C15H16F2N2O. The van der Waals surface area contributed by atoms with Crippen LogP contribution in [0.25, 0.3) is 0 Å². The Labute approximate surface area is 116 Å². The van der Waals surface area contributed by atoms with Crippen molar-refractivity contribution >= 4 is 0 Å². The highest BCUT2D eigenvalue weighted by molar-refractivity contribution is 5.37. The predicted molar refractivity (Wildman–Crippen MR) is 72.8 cm³/mol. The molecule has 1 aromatic heterocycles. The summed E-state index contributed by atoms with van der Waals surface area (Å²) in [5.74, 6) is -0.554. The minimum atomic E-state index is -0.588. The standard InChI is InChI=1S/C15H16F2N2O/c1-9-4-12(14(17)6-13(9)16)15(18-2)10-5-11(20-3)8-19-7-10/h4-8,15,18H,1-3H3. The van der Waals surface area contributed by atoms with Gasteiger partial charge in [0.25, 0.3) is 0 Å². The molecule has 0 spiro atoms. The van der Waals surface area contributed by atoms with Crippen LogP contribution in [0.2, 0.25) is 0 Å². The molecule has 106 valence electrons. The minimum Gasteiger partial charge on any atom is -0.495 e. The van der Waals surface area contributed by atoms with E-state index in [4.69, 9.17) is 4.74 Å². The first-order valence-corrected chi connectivity index (χ1v) is 6.18. The average molecular weight is 278 g/mol. The summed E-state index contributed by atoms with van der Waals surface area (Å²) in [6, 6.07) is 3.76. The van der Waals surface area contributed by atoms with E-state index >= 15 is 0 Å². The second-order valence-corrected chi connectivity index (χ2v) is 4.50. The Morgan fingerprint density at radius 3 is 2.55 bits per heavy atom. The summed E-state index contributed by atoms with van der Waals surface area (Å²) in [6.45, 7) is 1.61. The lowest BCUT2D eigenvalue weighted by Crippen LogP contribution is -2.19. The number of nitrogens with zero attached hydrogens (tertiary/aromatic N) is 1. The monoisotopic (exact) mass is 278 g/mol. The van der Waals surface area contributed by atoms with Crippen molar-refractivity contribution in [2.45, 2.75) is 13.0 Å². The number of hydrogen-bond acceptors (Lipinski definition) is 3. The summed E-state index contributed by atoms with van der Waals surface area (Å²) in [4.78, 5) is 4.06. The van der Waals surface area contributed by atoms with Gasteiger partial charge in [-0.15, -0.1) is 0 Å². The van der Waals surface area contributed by atoms with E-state index in [1.165, 1.54) is 13.2 Å². The van der Waals surface area contributed by atoms with Gasteiger partial charge in [-0.3, -0.25) is 4.98 Å². The fourth-order valence-corrected chi connectivity index (χ4v) is 2.11. The smallest absolute Gasteiger partial charge is 0.137 e. The molecule has 1 unspecified atom stereocenters. The zero-order valence-electron chi connectivity index (χ0n) is 11.6. The number of aromatic nitrogens is 1. The molecule has 2 rings (SSSR count). The normalized spacial score (nSPS) is 12.2. The molecule has 0 amide bonds. The van der Waals surface area contributed by atoms with Crippen molar-refractivity contribution in [3.05, 3.63) is 58.9 Å². The maximum absolute atomic E-state index is 14.0. The van der Waals surface area contributed by atoms with Crippen LogP contribution in [0.4, 0.5) is 8.78 Å². The van der Waals surface area contributed by atoms with Gasteiger partial charge in [0.05, 0.1) is 19.3 Å². The molecule has 0 fully saturated rings. The predicted octanol–water partition coefficient (Wildman–Crippen LogP) is 2.99. The Kier molecular flexibility index (Phi) is 4.29. The summed E-state index contributed by atoms with van der Waals surface area (Å²) in [5, 5.41) is 3.02. The molecule has 0 saturated carbocycles. The molecule has 1 N–H and O–H groups in total. The molecule has 2 aromatic rings. The zero-order valence-corrected chi connectivity index (χ0v) is 11.6. The number of rotatable bonds is 4. The summed E-state index contributed by atoms with van der Waals surface area (Å²) in [7, 11) is 3.25. The number of methoxy groups -OCH3 is 1. The number of benzene rings is 1. The lowest BCUT2D eigenvalue weighted by molar-refractivity contribution is 0.411. The molecule has 0 saturated heterocycles. The lowest BCUT2D eigenvalue weighted by atomic mass is 9.98. The van der Waals surface area contributed by atoms with Gasteiger partial charge in [-0.2, -0.15) is 0 Å². The van der Waals surface area contributed by atoms with Gasteiger partial charge in [-0.05, 0) is 37.2 Å². The first-order valence-electron chi connectivity index (χ1n) is 6.18. The number of hydrogen-bond donors (Lipinski definition) is 1. The molecule has 0 aliphatic carbocycles. The molecular weight excluding hydrogens is 262 g/mol. The second kappa shape index (κ2) is 5.96. The number of aryl methyl sites for hydroxylation is 1. The van der Waals surface area contributed by atoms with Gasteiger partial charge >= 0.3 is 0 Å². The van der Waals surface area contributed by atoms with Gasteiger partial charge in [0.15, 0.2) is 0 Å². The molecule has 0 aliphatic heterocycles. The van der Waals surface area contributed by atoms with Gasteiger partial charge in [0.2, 0.25) is 0 Å². The van der Waals surface area contributed by atoms with E-state index < -0.39 is 17.7 Å². The average Bonchev–Trinajstić information content (AvgIpc) is 2.45. The van der Waals surface area contributed by atoms with Crippen LogP contribution in [-0.2, 0) is 0 Å². The Morgan fingerprint density at radius 1 is 1.15 bits per heavy atom. The van der Waals surface area contributed by atoms with Crippen molar-refractivity contribution in [3.8, 4) is 5.75 Å². The number of ether oxygens (including phenoxy) is 1. The Morgan fingerprint density at radius 2 is 1.90 bits per heavy atom. The summed E-state index contributed by atoms with van der Waals surface area (Å²) in [5.41, 5.74) is 1.52. The van der Waals surface area contributed by atoms with Gasteiger partial charge in [0.1, 0.15) is 17.4 Å². The third kappa shape index (κ3) is 2.77. The van der Waals surface area contributed by atoms with Crippen LogP contribution in [-0.4, -0.2) is 19.1 Å². The Balaban J connectivity index is 2.49. The Hall–Kier alpha value is -2.01. The number of nitrogens with one attached hydrogen (secondary N) is 1. The van der Waals surface area contributed by atoms with Crippen LogP contribution in [0.1, 0.15) is 22.7 Å². The van der Waals surface area contributed by atoms with E-state index in [0.717, 1.165) is 11.6 Å². The van der Waals surface area contributed by atoms with Gasteiger partial charge < -0.3 is 10.1 Å². The fourth-order valence-electron chi connectivity index (χ4n) is 2.11. The van der Waals surface area contributed by atoms with Crippen molar-refractivity contribution < 1.29 is 13.5 Å². The van der Waals surface area contributed by atoms with Crippen molar-refractivity contribution in [1.82, 2.24) is 10.3 Å². The first-order chi connectivity index (χ1) is 9.56. The first kappa shape index (κ1) is 14.4. The highest BCUT2D eigenvalue weighted by Gasteiger charge is 2.19. The van der Waals surface area contributed by atoms with Gasteiger partial charge in [-0.1, -0.05) is 0 Å². The third-order valence-electron chi connectivity index (χ3n) is 3.18. The van der Waals surface area contributed by atoms with E-state index in [1.54, 1.807) is 32.4 Å². The maximum atomic E-state index is 14.0. The lowest BCUT2D eigenvalue weighted by Gasteiger charge is -2.19. The number of halogens is 2. The molecule has 5 heteroatoms. The van der Waals surface area contributed by atoms with E-state index in [0.29, 0.717) is 16.9 Å². The van der Waals surface area contributed by atoms with E-state index in [1.807, 2.05) is 0 Å². The zero-order chi connectivity index (χ0) is 14.7. The van der Waals surface area contributed by atoms with Gasteiger partial charge in [0, 0.05) is 17.8 Å². The highest BCUT2D eigenvalue weighted by atomic mass is 19.1. The molecule has 0 radical (unpaired) electrons. The minimum absolute atomic E-state index is 0.376. The maximum Gasteiger partial charge on any atom is 0.137 e. The van der Waals surface area contributed by atoms with Crippen LogP contribution in [0, 0.1) is 18.6 Å². The van der Waals surface area contributed by atoms with Gasteiger partial charge in [-0.25, -0.2) is 8.78 Å². The third-order valence-corrected chi connectivity index (χ3v) is 3.18. The fraction of sp³-hybridized carbons (Fsp3) is 0.267. The van der Waals surface area contributed by atoms with Crippen LogP contribution in [0.5, 0.6) is 5.75 Å². The van der Waals surface area contributed by atoms with Crippen molar-refractivity contribution in [2.24, 2.45) is 0 Å². The molecule has 3 nitrogen and oxygen atoms in total. The second-order valence-electron chi connectivity index (χ2n) is 4.50. The molecule has 0 aliphatic rings. The van der Waals surface area contributed by atoms with Crippen LogP contribution < -0.4 is 10.1 Å². The van der Waals surface area contributed by atoms with Crippen LogP contribution in [0.15, 0.2) is 30.6 Å². The highest BCUT2D eigenvalue weighted by Crippen LogP contribution is 2.27. The summed E-state index contributed by atoms with van der Waals surface area (Å²) in [6.07, 6.45) is 3.20. The van der Waals surface area contributed by atoms with E-state index in [2.05, 4.69) is 10.3 Å². The Bertz CT molecular complexity index is 617. The SMILES string of the molecule is CNC(c1cncc(OC)c1)c1cc(C)c(F)cc1F. The van der Waals surface area contributed by atoms with E-state index in [9.17, 15) is 8.78 Å². The van der Waals surface area contributed by atoms with Crippen LogP contribution in [0.3, 0.4) is 0 Å². The van der Waals surface area contributed by atoms with Crippen molar-refractivity contribution in [3.63, 3.8) is 0 Å². The molecule has 1 aromatic carbocycles. The molecule has 1 atom stereocenters. The number of pyridine rings is 1. The molecule has 1 heterocycles. The summed E-state index contributed by atoms with van der Waals surface area (Å²) < 4.78 is 32.5. The molecule has 20 heavy (non-hydrogen) atoms. The van der Waals surface area contributed by atoms with Crippen molar-refractivity contribution in [2.75, 3.05) is 14.2 Å². The van der Waals surface area contributed by atoms with Crippen LogP contribution >= 0.6 is 0 Å². The van der Waals surface area contributed by atoms with Crippen molar-refractivity contribution in [1.29, 1.82) is 0 Å². The topological polar surface area (TPSA) is 34.2 Å². The quantitative estimate of drug-likeness (QED) is 0.933. The largest absolute Gasteiger partial charge is 0.495 e. The van der Waals surface area contributed by atoms with E-state index in [-0.39, 0.29) is 0 Å². The summed E-state index contributed by atoms with van der Waals surface area (Å²) >= 11 is 0. The molecule has 0 bridgehead atoms.